The predicted molar refractivity (Wildman–Crippen MR) is 113 cm³/mol. The summed E-state index contributed by atoms with van der Waals surface area (Å²) in [4.78, 5) is 11.9. The van der Waals surface area contributed by atoms with Gasteiger partial charge in [0.15, 0.2) is 6.61 Å². The number of hydrogen-bond acceptors (Lipinski definition) is 5. The molecule has 1 N–H and O–H groups in total. The lowest BCUT2D eigenvalue weighted by atomic mass is 10.2. The maximum absolute atomic E-state index is 11.9. The Morgan fingerprint density at radius 3 is 2.46 bits per heavy atom. The van der Waals surface area contributed by atoms with Gasteiger partial charge in [-0.1, -0.05) is 29.3 Å². The molecule has 150 valence electrons. The Kier molecular flexibility index (Phi) is 9.34. The normalized spacial score (nSPS) is 10.7. The molecule has 0 bridgehead atoms. The van der Waals surface area contributed by atoms with Gasteiger partial charge in [0.2, 0.25) is 0 Å². The molecular weight excluding hydrogens is 424 g/mol. The molecule has 1 amide bonds. The summed E-state index contributed by atoms with van der Waals surface area (Å²) in [5, 5.41) is 3.97. The van der Waals surface area contributed by atoms with Gasteiger partial charge in [-0.25, -0.2) is 5.43 Å². The van der Waals surface area contributed by atoms with Gasteiger partial charge in [-0.2, -0.15) is 5.10 Å². The molecule has 28 heavy (non-hydrogen) atoms. The Hall–Kier alpha value is -2.54. The monoisotopic (exact) mass is 448 g/mol. The minimum atomic E-state index is -0.354. The quantitative estimate of drug-likeness (QED) is 0.310. The summed E-state index contributed by atoms with van der Waals surface area (Å²) in [6.45, 7) is 5.13. The molecule has 0 aromatic heterocycles. The number of benzene rings is 2. The van der Waals surface area contributed by atoms with Gasteiger partial charge in [0.25, 0.3) is 5.91 Å². The van der Waals surface area contributed by atoms with Crippen molar-refractivity contribution >= 4 is 28.1 Å². The van der Waals surface area contributed by atoms with Crippen molar-refractivity contribution in [3.8, 4) is 17.2 Å². The van der Waals surface area contributed by atoms with Crippen LogP contribution in [0.5, 0.6) is 17.2 Å². The molecule has 0 radical (unpaired) electrons. The number of nitrogens with one attached hydrogen (secondary N) is 1. The number of carbonyl (C=O) groups is 1. The van der Waals surface area contributed by atoms with Gasteiger partial charge >= 0.3 is 0 Å². The Labute approximate surface area is 174 Å². The van der Waals surface area contributed by atoms with E-state index in [1.165, 1.54) is 6.21 Å². The zero-order chi connectivity index (χ0) is 20.2. The molecule has 0 aliphatic rings. The number of nitrogens with zero attached hydrogens (tertiary/aromatic N) is 1. The first-order valence-electron chi connectivity index (χ1n) is 9.22. The predicted octanol–water partition coefficient (Wildman–Crippen LogP) is 4.56. The van der Waals surface area contributed by atoms with Crippen LogP contribution >= 0.6 is 15.9 Å². The Morgan fingerprint density at radius 1 is 1.07 bits per heavy atom. The Bertz CT molecular complexity index is 778. The number of hydrogen-bond donors (Lipinski definition) is 1. The number of unbranched alkanes of at least 4 members (excludes halogenated alkanes) is 1. The van der Waals surface area contributed by atoms with Crippen molar-refractivity contribution in [1.29, 1.82) is 0 Å². The van der Waals surface area contributed by atoms with E-state index in [4.69, 9.17) is 14.2 Å². The molecule has 0 heterocycles. The van der Waals surface area contributed by atoms with Crippen molar-refractivity contribution in [3.05, 3.63) is 52.5 Å². The van der Waals surface area contributed by atoms with Crippen LogP contribution in [-0.4, -0.2) is 31.9 Å². The van der Waals surface area contributed by atoms with Crippen LogP contribution in [0.2, 0.25) is 0 Å². The smallest absolute Gasteiger partial charge is 0.277 e. The van der Waals surface area contributed by atoms with Gasteiger partial charge in [-0.3, -0.25) is 4.79 Å². The third-order valence-electron chi connectivity index (χ3n) is 3.62. The van der Waals surface area contributed by atoms with Crippen LogP contribution in [0, 0.1) is 0 Å². The highest BCUT2D eigenvalue weighted by atomic mass is 79.9. The molecule has 0 unspecified atom stereocenters. The van der Waals surface area contributed by atoms with Crippen LogP contribution in [0.15, 0.2) is 52.0 Å². The summed E-state index contributed by atoms with van der Waals surface area (Å²) in [5.41, 5.74) is 3.21. The topological polar surface area (TPSA) is 69.2 Å². The molecule has 6 nitrogen and oxygen atoms in total. The number of rotatable bonds is 11. The van der Waals surface area contributed by atoms with Crippen LogP contribution in [0.25, 0.3) is 0 Å². The molecule has 2 aromatic rings. The first-order valence-corrected chi connectivity index (χ1v) is 10.0. The van der Waals surface area contributed by atoms with E-state index in [1.54, 1.807) is 12.1 Å². The molecule has 0 saturated heterocycles. The third-order valence-corrected chi connectivity index (χ3v) is 4.12. The first kappa shape index (κ1) is 21.8. The van der Waals surface area contributed by atoms with Crippen molar-refractivity contribution in [2.75, 3.05) is 19.8 Å². The van der Waals surface area contributed by atoms with Gasteiger partial charge < -0.3 is 14.2 Å². The highest BCUT2D eigenvalue weighted by molar-refractivity contribution is 9.10. The number of halogens is 1. The molecule has 0 aliphatic heterocycles. The lowest BCUT2D eigenvalue weighted by molar-refractivity contribution is -0.123. The lowest BCUT2D eigenvalue weighted by Gasteiger charge is -2.08. The molecule has 0 aliphatic carbocycles. The number of hydrazone groups is 1. The molecular formula is C21H25BrN2O4. The minimum Gasteiger partial charge on any atom is -0.494 e. The fourth-order valence-electron chi connectivity index (χ4n) is 2.23. The summed E-state index contributed by atoms with van der Waals surface area (Å²) in [6.07, 6.45) is 3.65. The van der Waals surface area contributed by atoms with Crippen LogP contribution in [-0.2, 0) is 4.79 Å². The SMILES string of the molecule is CCCCOc1ccc(OCC(=O)NN=Cc2cc(Br)ccc2OCC)cc1. The summed E-state index contributed by atoms with van der Waals surface area (Å²) in [7, 11) is 0. The highest BCUT2D eigenvalue weighted by Gasteiger charge is 2.04. The van der Waals surface area contributed by atoms with Gasteiger partial charge in [0, 0.05) is 10.0 Å². The second-order valence-electron chi connectivity index (χ2n) is 5.87. The maximum Gasteiger partial charge on any atom is 0.277 e. The van der Waals surface area contributed by atoms with Gasteiger partial charge in [-0.05, 0) is 55.8 Å². The highest BCUT2D eigenvalue weighted by Crippen LogP contribution is 2.21. The summed E-state index contributed by atoms with van der Waals surface area (Å²) in [5.74, 6) is 1.72. The Balaban J connectivity index is 1.80. The number of amides is 1. The molecule has 2 aromatic carbocycles. The van der Waals surface area contributed by atoms with Crippen molar-refractivity contribution in [1.82, 2.24) is 5.43 Å². The van der Waals surface area contributed by atoms with E-state index in [0.29, 0.717) is 24.7 Å². The molecule has 0 spiro atoms. The van der Waals surface area contributed by atoms with Crippen molar-refractivity contribution in [3.63, 3.8) is 0 Å². The van der Waals surface area contributed by atoms with E-state index >= 15 is 0 Å². The maximum atomic E-state index is 11.9. The van der Waals surface area contributed by atoms with Crippen molar-refractivity contribution < 1.29 is 19.0 Å². The van der Waals surface area contributed by atoms with Gasteiger partial charge in [0.1, 0.15) is 17.2 Å². The van der Waals surface area contributed by atoms with Crippen molar-refractivity contribution in [2.24, 2.45) is 5.10 Å². The summed E-state index contributed by atoms with van der Waals surface area (Å²) >= 11 is 3.41. The second-order valence-corrected chi connectivity index (χ2v) is 6.79. The van der Waals surface area contributed by atoms with E-state index in [1.807, 2.05) is 37.3 Å². The molecule has 7 heteroatoms. The van der Waals surface area contributed by atoms with E-state index in [2.05, 4.69) is 33.4 Å². The van der Waals surface area contributed by atoms with Crippen LogP contribution < -0.4 is 19.6 Å². The largest absolute Gasteiger partial charge is 0.494 e. The Morgan fingerprint density at radius 2 is 1.79 bits per heavy atom. The second kappa shape index (κ2) is 12.0. The molecule has 0 saturated carbocycles. The van der Waals surface area contributed by atoms with Gasteiger partial charge in [0.05, 0.1) is 19.4 Å². The number of ether oxygens (including phenoxy) is 3. The standard InChI is InChI=1S/C21H25BrN2O4/c1-3-5-12-27-18-7-9-19(10-8-18)28-15-21(25)24-23-14-16-13-17(22)6-11-20(16)26-4-2/h6-11,13-14H,3-5,12,15H2,1-2H3,(H,24,25). The van der Waals surface area contributed by atoms with E-state index in [9.17, 15) is 4.79 Å². The minimum absolute atomic E-state index is 0.135. The first-order chi connectivity index (χ1) is 13.6. The van der Waals surface area contributed by atoms with E-state index in [0.717, 1.165) is 28.6 Å². The van der Waals surface area contributed by atoms with Crippen LogP contribution in [0.3, 0.4) is 0 Å². The number of carbonyl (C=O) groups excluding carboxylic acids is 1. The average Bonchev–Trinajstić information content (AvgIpc) is 2.70. The fraction of sp³-hybridized carbons (Fsp3) is 0.333. The molecule has 0 atom stereocenters. The van der Waals surface area contributed by atoms with Crippen molar-refractivity contribution in [2.45, 2.75) is 26.7 Å². The zero-order valence-corrected chi connectivity index (χ0v) is 17.7. The third kappa shape index (κ3) is 7.60. The van der Waals surface area contributed by atoms with Gasteiger partial charge in [-0.15, -0.1) is 0 Å². The van der Waals surface area contributed by atoms with E-state index < -0.39 is 0 Å². The lowest BCUT2D eigenvalue weighted by Crippen LogP contribution is -2.24. The zero-order valence-electron chi connectivity index (χ0n) is 16.1. The molecule has 2 rings (SSSR count). The molecule has 0 fully saturated rings. The summed E-state index contributed by atoms with van der Waals surface area (Å²) < 4.78 is 17.5. The summed E-state index contributed by atoms with van der Waals surface area (Å²) in [6, 6.07) is 12.8. The fourth-order valence-corrected chi connectivity index (χ4v) is 2.61. The van der Waals surface area contributed by atoms with Crippen LogP contribution in [0.4, 0.5) is 0 Å². The van der Waals surface area contributed by atoms with E-state index in [-0.39, 0.29) is 12.5 Å². The average molecular weight is 449 g/mol. The van der Waals surface area contributed by atoms with Crippen LogP contribution in [0.1, 0.15) is 32.3 Å².